The lowest BCUT2D eigenvalue weighted by molar-refractivity contribution is 0.363. The van der Waals surface area contributed by atoms with E-state index in [-0.39, 0.29) is 0 Å². The molecule has 0 radical (unpaired) electrons. The Balaban J connectivity index is 2.12. The summed E-state index contributed by atoms with van der Waals surface area (Å²) in [5.41, 5.74) is 2.97. The van der Waals surface area contributed by atoms with Gasteiger partial charge in [-0.25, -0.2) is 0 Å². The van der Waals surface area contributed by atoms with Crippen LogP contribution >= 0.6 is 0 Å². The van der Waals surface area contributed by atoms with Crippen LogP contribution in [0.3, 0.4) is 0 Å². The van der Waals surface area contributed by atoms with E-state index in [9.17, 15) is 0 Å². The fourth-order valence-corrected chi connectivity index (χ4v) is 3.36. The molecule has 1 aromatic rings. The highest BCUT2D eigenvalue weighted by Gasteiger charge is 2.25. The van der Waals surface area contributed by atoms with Crippen LogP contribution in [0.4, 0.5) is 0 Å². The molecule has 1 aliphatic carbocycles. The molecular weight excluding hydrogens is 230 g/mol. The zero-order valence-electron chi connectivity index (χ0n) is 12.8. The summed E-state index contributed by atoms with van der Waals surface area (Å²) in [7, 11) is 0. The summed E-state index contributed by atoms with van der Waals surface area (Å²) in [4.78, 5) is 0. The van der Waals surface area contributed by atoms with Crippen molar-refractivity contribution in [3.63, 3.8) is 0 Å². The number of aryl methyl sites for hydroxylation is 1. The molecule has 0 aliphatic heterocycles. The van der Waals surface area contributed by atoms with Crippen LogP contribution in [0.1, 0.15) is 63.0 Å². The standard InChI is InChI=1S/C18H29N/c1-14(2)19-13-17-9-5-4-6-11-18(17)16-10-7-8-15(3)12-16/h7-8,10,12,14,17-19H,4-6,9,11,13H2,1-3H3. The lowest BCUT2D eigenvalue weighted by Gasteiger charge is -2.27. The average Bonchev–Trinajstić information content (AvgIpc) is 2.61. The van der Waals surface area contributed by atoms with Crippen molar-refractivity contribution in [1.82, 2.24) is 5.32 Å². The van der Waals surface area contributed by atoms with E-state index in [2.05, 4.69) is 50.4 Å². The van der Waals surface area contributed by atoms with Crippen molar-refractivity contribution in [2.45, 2.75) is 64.8 Å². The lowest BCUT2D eigenvalue weighted by Crippen LogP contribution is -2.31. The molecule has 19 heavy (non-hydrogen) atoms. The van der Waals surface area contributed by atoms with Crippen LogP contribution in [-0.4, -0.2) is 12.6 Å². The third-order valence-corrected chi connectivity index (χ3v) is 4.42. The van der Waals surface area contributed by atoms with Crippen LogP contribution in [0.25, 0.3) is 0 Å². The van der Waals surface area contributed by atoms with Gasteiger partial charge in [-0.2, -0.15) is 0 Å². The Bertz CT molecular complexity index is 383. The number of rotatable bonds is 4. The number of hydrogen-bond acceptors (Lipinski definition) is 1. The predicted molar refractivity (Wildman–Crippen MR) is 83.6 cm³/mol. The van der Waals surface area contributed by atoms with Crippen molar-refractivity contribution >= 4 is 0 Å². The highest BCUT2D eigenvalue weighted by atomic mass is 14.9. The first-order chi connectivity index (χ1) is 9.16. The van der Waals surface area contributed by atoms with Crippen LogP contribution in [0.5, 0.6) is 0 Å². The Morgan fingerprint density at radius 2 is 1.95 bits per heavy atom. The zero-order valence-corrected chi connectivity index (χ0v) is 12.8. The monoisotopic (exact) mass is 259 g/mol. The SMILES string of the molecule is Cc1cccc(C2CCCCCC2CNC(C)C)c1. The first-order valence-corrected chi connectivity index (χ1v) is 7.97. The Morgan fingerprint density at radius 3 is 2.68 bits per heavy atom. The Kier molecular flexibility index (Phi) is 5.45. The van der Waals surface area contributed by atoms with Gasteiger partial charge in [0.15, 0.2) is 0 Å². The molecule has 1 heteroatoms. The summed E-state index contributed by atoms with van der Waals surface area (Å²) >= 11 is 0. The highest BCUT2D eigenvalue weighted by molar-refractivity contribution is 5.26. The molecule has 2 rings (SSSR count). The molecule has 1 aromatic carbocycles. The van der Waals surface area contributed by atoms with Gasteiger partial charge >= 0.3 is 0 Å². The van der Waals surface area contributed by atoms with E-state index in [0.717, 1.165) is 11.8 Å². The van der Waals surface area contributed by atoms with Crippen LogP contribution in [0, 0.1) is 12.8 Å². The molecule has 1 saturated carbocycles. The second-order valence-corrected chi connectivity index (χ2v) is 6.48. The van der Waals surface area contributed by atoms with Gasteiger partial charge in [0.05, 0.1) is 0 Å². The quantitative estimate of drug-likeness (QED) is 0.776. The summed E-state index contributed by atoms with van der Waals surface area (Å²) in [5.74, 6) is 1.57. The van der Waals surface area contributed by atoms with Crippen molar-refractivity contribution < 1.29 is 0 Å². The molecule has 0 spiro atoms. The maximum atomic E-state index is 3.66. The summed E-state index contributed by atoms with van der Waals surface area (Å²) in [6.45, 7) is 7.88. The van der Waals surface area contributed by atoms with Crippen LogP contribution < -0.4 is 5.32 Å². The van der Waals surface area contributed by atoms with Crippen molar-refractivity contribution in [1.29, 1.82) is 0 Å². The van der Waals surface area contributed by atoms with Crippen molar-refractivity contribution in [2.24, 2.45) is 5.92 Å². The molecule has 0 aromatic heterocycles. The lowest BCUT2D eigenvalue weighted by atomic mass is 9.82. The smallest absolute Gasteiger partial charge is 0.00104 e. The van der Waals surface area contributed by atoms with Crippen LogP contribution in [-0.2, 0) is 0 Å². The molecule has 2 atom stereocenters. The van der Waals surface area contributed by atoms with E-state index in [1.165, 1.54) is 44.2 Å². The van der Waals surface area contributed by atoms with Crippen LogP contribution in [0.2, 0.25) is 0 Å². The van der Waals surface area contributed by atoms with Crippen LogP contribution in [0.15, 0.2) is 24.3 Å². The fourth-order valence-electron chi connectivity index (χ4n) is 3.36. The number of nitrogens with one attached hydrogen (secondary N) is 1. The fraction of sp³-hybridized carbons (Fsp3) is 0.667. The second kappa shape index (κ2) is 7.09. The topological polar surface area (TPSA) is 12.0 Å². The zero-order chi connectivity index (χ0) is 13.7. The summed E-state index contributed by atoms with van der Waals surface area (Å²) in [6, 6.07) is 9.77. The minimum atomic E-state index is 0.599. The molecule has 0 saturated heterocycles. The van der Waals surface area contributed by atoms with E-state index >= 15 is 0 Å². The van der Waals surface area contributed by atoms with Gasteiger partial charge in [-0.05, 0) is 43.7 Å². The van der Waals surface area contributed by atoms with Gasteiger partial charge < -0.3 is 5.32 Å². The molecule has 0 bridgehead atoms. The Labute approximate surface area is 118 Å². The van der Waals surface area contributed by atoms with Gasteiger partial charge in [0.2, 0.25) is 0 Å². The van der Waals surface area contributed by atoms with Gasteiger partial charge in [0.1, 0.15) is 0 Å². The third-order valence-electron chi connectivity index (χ3n) is 4.42. The van der Waals surface area contributed by atoms with E-state index in [4.69, 9.17) is 0 Å². The summed E-state index contributed by atoms with van der Waals surface area (Å²) in [6.07, 6.45) is 6.98. The maximum Gasteiger partial charge on any atom is 0.00104 e. The second-order valence-electron chi connectivity index (χ2n) is 6.48. The Hall–Kier alpha value is -0.820. The third kappa shape index (κ3) is 4.35. The average molecular weight is 259 g/mol. The molecule has 1 aliphatic rings. The van der Waals surface area contributed by atoms with E-state index in [0.29, 0.717) is 6.04 Å². The number of hydrogen-bond donors (Lipinski definition) is 1. The minimum absolute atomic E-state index is 0.599. The summed E-state index contributed by atoms with van der Waals surface area (Å²) in [5, 5.41) is 3.66. The Morgan fingerprint density at radius 1 is 1.16 bits per heavy atom. The van der Waals surface area contributed by atoms with Gasteiger partial charge in [-0.1, -0.05) is 62.9 Å². The molecule has 0 heterocycles. The van der Waals surface area contributed by atoms with E-state index < -0.39 is 0 Å². The highest BCUT2D eigenvalue weighted by Crippen LogP contribution is 2.36. The van der Waals surface area contributed by atoms with E-state index in [1.807, 2.05) is 0 Å². The normalized spacial score (nSPS) is 24.4. The molecule has 2 unspecified atom stereocenters. The molecule has 0 amide bonds. The minimum Gasteiger partial charge on any atom is -0.314 e. The van der Waals surface area contributed by atoms with Crippen molar-refractivity contribution in [3.8, 4) is 0 Å². The maximum absolute atomic E-state index is 3.66. The molecule has 1 fully saturated rings. The first kappa shape index (κ1) is 14.6. The molecule has 1 nitrogen and oxygen atoms in total. The van der Waals surface area contributed by atoms with Gasteiger partial charge in [-0.3, -0.25) is 0 Å². The van der Waals surface area contributed by atoms with Gasteiger partial charge in [0.25, 0.3) is 0 Å². The van der Waals surface area contributed by atoms with Crippen molar-refractivity contribution in [3.05, 3.63) is 35.4 Å². The van der Waals surface area contributed by atoms with Crippen molar-refractivity contribution in [2.75, 3.05) is 6.54 Å². The molecule has 1 N–H and O–H groups in total. The predicted octanol–water partition coefficient (Wildman–Crippen LogP) is 4.66. The first-order valence-electron chi connectivity index (χ1n) is 7.97. The molecule has 106 valence electrons. The number of benzene rings is 1. The van der Waals surface area contributed by atoms with Gasteiger partial charge in [0, 0.05) is 6.04 Å². The van der Waals surface area contributed by atoms with E-state index in [1.54, 1.807) is 5.56 Å². The molecular formula is C18H29N. The largest absolute Gasteiger partial charge is 0.314 e. The summed E-state index contributed by atoms with van der Waals surface area (Å²) < 4.78 is 0. The van der Waals surface area contributed by atoms with Gasteiger partial charge in [-0.15, -0.1) is 0 Å².